The van der Waals surface area contributed by atoms with E-state index in [4.69, 9.17) is 19.0 Å². The number of nitrogens with one attached hydrogen (secondary N) is 2. The van der Waals surface area contributed by atoms with Crippen LogP contribution in [0.2, 0.25) is 0 Å². The summed E-state index contributed by atoms with van der Waals surface area (Å²) in [5.74, 6) is -0.133. The highest BCUT2D eigenvalue weighted by Crippen LogP contribution is 2.45. The number of hydrogen-bond donors (Lipinski definition) is 2. The summed E-state index contributed by atoms with van der Waals surface area (Å²) < 4.78 is 31.7. The Kier molecular flexibility index (Phi) is 7.54. The summed E-state index contributed by atoms with van der Waals surface area (Å²) >= 11 is 0. The molecular weight excluding hydrogens is 493 g/mol. The molecule has 198 valence electrons. The highest BCUT2D eigenvalue weighted by atomic mass is 19.1. The van der Waals surface area contributed by atoms with Gasteiger partial charge < -0.3 is 24.4 Å². The van der Waals surface area contributed by atoms with Crippen LogP contribution in [0.1, 0.15) is 19.4 Å². The maximum atomic E-state index is 15.2. The molecule has 1 aliphatic heterocycles. The molecule has 2 N–H and O–H groups in total. The first-order valence-electron chi connectivity index (χ1n) is 11.6. The van der Waals surface area contributed by atoms with Crippen molar-refractivity contribution in [1.82, 2.24) is 5.48 Å². The number of hydroxylamine groups is 1. The van der Waals surface area contributed by atoms with Crippen molar-refractivity contribution in [2.75, 3.05) is 31.5 Å². The van der Waals surface area contributed by atoms with Gasteiger partial charge in [0.1, 0.15) is 11.6 Å². The van der Waals surface area contributed by atoms with Crippen LogP contribution in [0.4, 0.5) is 21.5 Å². The van der Waals surface area contributed by atoms with Crippen LogP contribution in [0.25, 0.3) is 0 Å². The van der Waals surface area contributed by atoms with Gasteiger partial charge in [0.2, 0.25) is 11.7 Å². The van der Waals surface area contributed by atoms with Crippen molar-refractivity contribution in [2.24, 2.45) is 0 Å². The molecule has 3 aromatic carbocycles. The van der Waals surface area contributed by atoms with Crippen LogP contribution in [0.15, 0.2) is 72.5 Å². The van der Waals surface area contributed by atoms with Crippen molar-refractivity contribution < 1.29 is 33.0 Å². The van der Waals surface area contributed by atoms with Gasteiger partial charge in [0.05, 0.1) is 32.7 Å². The number of methoxy groups -OCH3 is 3. The second-order valence-electron chi connectivity index (χ2n) is 8.50. The fourth-order valence-electron chi connectivity index (χ4n) is 4.34. The predicted molar refractivity (Wildman–Crippen MR) is 140 cm³/mol. The highest BCUT2D eigenvalue weighted by molar-refractivity contribution is 6.08. The lowest BCUT2D eigenvalue weighted by molar-refractivity contribution is -0.125. The van der Waals surface area contributed by atoms with Gasteiger partial charge in [-0.2, -0.15) is 0 Å². The number of amides is 2. The smallest absolute Gasteiger partial charge is 0.263 e. The number of benzene rings is 3. The number of anilines is 3. The minimum Gasteiger partial charge on any atom is -0.493 e. The van der Waals surface area contributed by atoms with Gasteiger partial charge in [0.25, 0.3) is 5.91 Å². The van der Waals surface area contributed by atoms with Crippen molar-refractivity contribution in [3.8, 4) is 17.2 Å². The minimum absolute atomic E-state index is 0.0670. The molecule has 0 saturated heterocycles. The number of carbonyl (C=O) groups is 2. The van der Waals surface area contributed by atoms with Gasteiger partial charge in [-0.15, -0.1) is 5.48 Å². The summed E-state index contributed by atoms with van der Waals surface area (Å²) in [5.41, 5.74) is 2.26. The zero-order valence-corrected chi connectivity index (χ0v) is 21.6. The Bertz CT molecular complexity index is 1380. The van der Waals surface area contributed by atoms with Crippen LogP contribution >= 0.6 is 0 Å². The molecule has 3 aromatic rings. The van der Waals surface area contributed by atoms with E-state index in [0.29, 0.717) is 40.1 Å². The Labute approximate surface area is 219 Å². The summed E-state index contributed by atoms with van der Waals surface area (Å²) in [5, 5.41) is 2.72. The van der Waals surface area contributed by atoms with Gasteiger partial charge in [0.15, 0.2) is 17.0 Å². The number of carbonyl (C=O) groups excluding carboxylic acids is 2. The molecule has 4 rings (SSSR count). The molecule has 10 heteroatoms. The van der Waals surface area contributed by atoms with Crippen LogP contribution in [0.5, 0.6) is 17.2 Å². The summed E-state index contributed by atoms with van der Waals surface area (Å²) in [7, 11) is 4.40. The Balaban J connectivity index is 1.99. The van der Waals surface area contributed by atoms with E-state index >= 15 is 4.39 Å². The molecule has 38 heavy (non-hydrogen) atoms. The Morgan fingerprint density at radius 3 is 2.18 bits per heavy atom. The normalized spacial score (nSPS) is 16.2. The van der Waals surface area contributed by atoms with E-state index in [2.05, 4.69) is 10.8 Å². The topological polar surface area (TPSA) is 98.4 Å². The highest BCUT2D eigenvalue weighted by Gasteiger charge is 2.48. The average Bonchev–Trinajstić information content (AvgIpc) is 3.30. The molecular formula is C28H28FN3O6. The van der Waals surface area contributed by atoms with E-state index in [-0.39, 0.29) is 11.5 Å². The van der Waals surface area contributed by atoms with Crippen LogP contribution in [0, 0.1) is 5.82 Å². The fourth-order valence-corrected chi connectivity index (χ4v) is 4.34. The van der Waals surface area contributed by atoms with Crippen LogP contribution in [-0.4, -0.2) is 33.1 Å². The molecule has 0 saturated carbocycles. The molecule has 0 aromatic heterocycles. The second-order valence-corrected chi connectivity index (χ2v) is 8.50. The monoisotopic (exact) mass is 521 g/mol. The Morgan fingerprint density at radius 1 is 0.947 bits per heavy atom. The van der Waals surface area contributed by atoms with E-state index in [0.717, 1.165) is 0 Å². The van der Waals surface area contributed by atoms with Crippen LogP contribution in [-0.2, 0) is 20.0 Å². The van der Waals surface area contributed by atoms with Gasteiger partial charge >= 0.3 is 0 Å². The molecule has 0 radical (unpaired) electrons. The average molecular weight is 522 g/mol. The molecule has 0 bridgehead atoms. The third-order valence-corrected chi connectivity index (χ3v) is 5.96. The van der Waals surface area contributed by atoms with Crippen molar-refractivity contribution in [3.05, 3.63) is 83.9 Å². The lowest BCUT2D eigenvalue weighted by Gasteiger charge is -2.33. The molecule has 0 spiro atoms. The van der Waals surface area contributed by atoms with Gasteiger partial charge in [-0.3, -0.25) is 14.5 Å². The standard InChI is InChI=1S/C28H28FN3O6/c1-17-16-28(31-38-17,22-11-6-7-12-23(22)29)27(34)32(20-10-8-9-19(13-20)30-18(2)33)21-14-24(35-3)26(37-5)25(15-21)36-4/h6-16,31H,1-5H3,(H,30,33). The SMILES string of the molecule is COc1cc(N(C(=O)C2(c3ccccc3F)C=C(C)ON2)c2cccc(NC(C)=O)c2)cc(OC)c1OC. The number of ether oxygens (including phenoxy) is 3. The predicted octanol–water partition coefficient (Wildman–Crippen LogP) is 4.81. The molecule has 0 aliphatic carbocycles. The summed E-state index contributed by atoms with van der Waals surface area (Å²) in [6.45, 7) is 3.04. The van der Waals surface area contributed by atoms with Crippen molar-refractivity contribution in [1.29, 1.82) is 0 Å². The van der Waals surface area contributed by atoms with Crippen LogP contribution < -0.4 is 29.9 Å². The summed E-state index contributed by atoms with van der Waals surface area (Å²) in [4.78, 5) is 33.2. The molecule has 1 atom stereocenters. The van der Waals surface area contributed by atoms with Crippen molar-refractivity contribution in [2.45, 2.75) is 19.4 Å². The van der Waals surface area contributed by atoms with E-state index in [1.807, 2.05) is 0 Å². The van der Waals surface area contributed by atoms with Crippen molar-refractivity contribution in [3.63, 3.8) is 0 Å². The Morgan fingerprint density at radius 2 is 1.63 bits per heavy atom. The van der Waals surface area contributed by atoms with Gasteiger partial charge in [-0.25, -0.2) is 4.39 Å². The molecule has 1 aliphatic rings. The third kappa shape index (κ3) is 4.85. The zero-order chi connectivity index (χ0) is 27.4. The first-order valence-corrected chi connectivity index (χ1v) is 11.6. The third-order valence-electron chi connectivity index (χ3n) is 5.96. The fraction of sp³-hybridized carbons (Fsp3) is 0.214. The zero-order valence-electron chi connectivity index (χ0n) is 21.6. The number of rotatable bonds is 8. The second kappa shape index (κ2) is 10.8. The van der Waals surface area contributed by atoms with Gasteiger partial charge in [-0.05, 0) is 37.3 Å². The summed E-state index contributed by atoms with van der Waals surface area (Å²) in [6, 6.07) is 15.9. The van der Waals surface area contributed by atoms with Gasteiger partial charge in [-0.1, -0.05) is 24.3 Å². The first kappa shape index (κ1) is 26.5. The largest absolute Gasteiger partial charge is 0.493 e. The van der Waals surface area contributed by atoms with Crippen molar-refractivity contribution >= 4 is 28.9 Å². The maximum Gasteiger partial charge on any atom is 0.263 e. The number of halogens is 1. The summed E-state index contributed by atoms with van der Waals surface area (Å²) in [6.07, 6.45) is 1.52. The molecule has 9 nitrogen and oxygen atoms in total. The molecule has 1 heterocycles. The van der Waals surface area contributed by atoms with Gasteiger partial charge in [0, 0.05) is 30.3 Å². The minimum atomic E-state index is -1.72. The first-order chi connectivity index (χ1) is 18.2. The van der Waals surface area contributed by atoms with E-state index in [9.17, 15) is 9.59 Å². The quantitative estimate of drug-likeness (QED) is 0.439. The molecule has 1 unspecified atom stereocenters. The number of allylic oxidation sites excluding steroid dienone is 1. The number of nitrogens with zero attached hydrogens (tertiary/aromatic N) is 1. The van der Waals surface area contributed by atoms with Crippen LogP contribution in [0.3, 0.4) is 0 Å². The molecule has 0 fully saturated rings. The van der Waals surface area contributed by atoms with E-state index in [1.54, 1.807) is 49.4 Å². The number of hydrogen-bond acceptors (Lipinski definition) is 7. The van der Waals surface area contributed by atoms with E-state index < -0.39 is 17.3 Å². The maximum absolute atomic E-state index is 15.2. The molecule has 2 amide bonds. The lowest BCUT2D eigenvalue weighted by atomic mass is 9.87. The lowest BCUT2D eigenvalue weighted by Crippen LogP contribution is -2.51. The Hall–Kier alpha value is -4.57. The van der Waals surface area contributed by atoms with E-state index in [1.165, 1.54) is 57.4 Å².